The minimum atomic E-state index is -0.763. The van der Waals surface area contributed by atoms with Gasteiger partial charge in [-0.2, -0.15) is 0 Å². The summed E-state index contributed by atoms with van der Waals surface area (Å²) in [6.07, 6.45) is 10.5. The fourth-order valence-corrected chi connectivity index (χ4v) is 5.94. The van der Waals surface area contributed by atoms with Gasteiger partial charge < -0.3 is 30.1 Å². The van der Waals surface area contributed by atoms with E-state index in [0.29, 0.717) is 50.6 Å². The minimum absolute atomic E-state index is 0.186. The number of halogens is 2. The first-order valence-electron chi connectivity index (χ1n) is 17.4. The lowest BCUT2D eigenvalue weighted by Crippen LogP contribution is -2.42. The molecule has 2 amide bonds. The van der Waals surface area contributed by atoms with Crippen LogP contribution in [0.2, 0.25) is 0 Å². The molecule has 0 atom stereocenters. The number of nitrogen functional groups attached to an aromatic ring is 1. The summed E-state index contributed by atoms with van der Waals surface area (Å²) in [5.41, 5.74) is 6.03. The Bertz CT molecular complexity index is 1360. The van der Waals surface area contributed by atoms with Crippen LogP contribution in [0.25, 0.3) is 0 Å². The fourth-order valence-electron chi connectivity index (χ4n) is 5.14. The second kappa shape index (κ2) is 22.6. The predicted octanol–water partition coefficient (Wildman–Crippen LogP) is 8.55. The van der Waals surface area contributed by atoms with E-state index in [0.717, 1.165) is 40.2 Å². The first-order chi connectivity index (χ1) is 23.8. The third kappa shape index (κ3) is 21.0. The number of rotatable bonds is 6. The van der Waals surface area contributed by atoms with Crippen molar-refractivity contribution in [2.75, 3.05) is 31.9 Å². The number of carbonyl (C=O) groups is 4. The number of nitrogens with zero attached hydrogens (tertiary/aromatic N) is 4. The molecule has 0 bridgehead atoms. The van der Waals surface area contributed by atoms with Gasteiger partial charge in [0, 0.05) is 79.2 Å². The molecule has 4 heterocycles. The zero-order valence-electron chi connectivity index (χ0n) is 31.4. The van der Waals surface area contributed by atoms with Crippen molar-refractivity contribution in [3.63, 3.8) is 0 Å². The average molecular weight is 844 g/mol. The van der Waals surface area contributed by atoms with Crippen LogP contribution in [0.15, 0.2) is 45.9 Å². The van der Waals surface area contributed by atoms with Crippen LogP contribution in [0.1, 0.15) is 99.5 Å². The number of carboxylic acids is 1. The lowest BCUT2D eigenvalue weighted by atomic mass is 9.90. The van der Waals surface area contributed by atoms with Crippen molar-refractivity contribution in [3.8, 4) is 0 Å². The molecule has 12 nitrogen and oxygen atoms in total. The minimum Gasteiger partial charge on any atom is -0.481 e. The summed E-state index contributed by atoms with van der Waals surface area (Å²) in [6.45, 7) is 17.6. The molecule has 0 radical (unpaired) electrons. The molecule has 2 aliphatic heterocycles. The molecular formula is C37H57Br2N5O7. The van der Waals surface area contributed by atoms with E-state index in [-0.39, 0.29) is 30.3 Å². The van der Waals surface area contributed by atoms with Gasteiger partial charge in [-0.05, 0) is 129 Å². The van der Waals surface area contributed by atoms with Gasteiger partial charge in [0.15, 0.2) is 0 Å². The summed E-state index contributed by atoms with van der Waals surface area (Å²) in [4.78, 5) is 57.9. The monoisotopic (exact) mass is 841 g/mol. The SMILES string of the molecule is CC.CC(C)(C)OC(=O)N1CCC(CC(=O)Cc2cncc(Br)c2)CC1.CC(C)(C)OC(=O)N1CCC(CC(=O)O)CC1.Nc1cncc(Br)c1. The van der Waals surface area contributed by atoms with Crippen LogP contribution in [0.4, 0.5) is 15.3 Å². The predicted molar refractivity (Wildman–Crippen MR) is 206 cm³/mol. The molecule has 2 aromatic rings. The van der Waals surface area contributed by atoms with E-state index in [2.05, 4.69) is 41.8 Å². The van der Waals surface area contributed by atoms with E-state index in [1.54, 1.807) is 40.7 Å². The fraction of sp³-hybridized carbons (Fsp3) is 0.622. The van der Waals surface area contributed by atoms with E-state index in [9.17, 15) is 19.2 Å². The van der Waals surface area contributed by atoms with Crippen LogP contribution in [-0.2, 0) is 25.5 Å². The molecule has 286 valence electrons. The molecular weight excluding hydrogens is 786 g/mol. The molecule has 51 heavy (non-hydrogen) atoms. The van der Waals surface area contributed by atoms with Crippen molar-refractivity contribution >= 4 is 61.5 Å². The molecule has 2 fully saturated rings. The molecule has 14 heteroatoms. The van der Waals surface area contributed by atoms with E-state index < -0.39 is 17.2 Å². The molecule has 0 spiro atoms. The third-order valence-electron chi connectivity index (χ3n) is 7.40. The number of piperidine rings is 2. The van der Waals surface area contributed by atoms with Crippen LogP contribution in [-0.4, -0.2) is 86.2 Å². The maximum absolute atomic E-state index is 12.2. The van der Waals surface area contributed by atoms with Gasteiger partial charge in [0.1, 0.15) is 17.0 Å². The second-order valence-electron chi connectivity index (χ2n) is 14.3. The lowest BCUT2D eigenvalue weighted by Gasteiger charge is -2.33. The molecule has 0 unspecified atom stereocenters. The van der Waals surface area contributed by atoms with Crippen LogP contribution >= 0.6 is 31.9 Å². The number of carboxylic acid groups (broad SMARTS) is 1. The Morgan fingerprint density at radius 2 is 1.16 bits per heavy atom. The van der Waals surface area contributed by atoms with Gasteiger partial charge >= 0.3 is 18.2 Å². The van der Waals surface area contributed by atoms with E-state index >= 15 is 0 Å². The highest BCUT2D eigenvalue weighted by Crippen LogP contribution is 2.24. The standard InChI is InChI=1S/C18H25BrN2O3.C12H21NO4.C5H5BrN2.C2H6/c1-18(2,3)24-17(23)21-6-4-13(5-7-21)9-16(22)10-14-8-15(19)12-20-11-14;1-12(2,3)17-11(16)13-6-4-9(5-7-13)8-10(14)15;6-4-1-5(7)3-8-2-4;1-2/h8,11-13H,4-7,9-10H2,1-3H3;9H,4-8H2,1-3H3,(H,14,15);1-3H,7H2;1-2H3. The number of pyridine rings is 2. The number of Topliss-reactive ketones (excluding diaryl/α,β-unsaturated/α-hetero) is 1. The Labute approximate surface area is 320 Å². The first-order valence-corrected chi connectivity index (χ1v) is 19.0. The molecule has 0 aromatic carbocycles. The lowest BCUT2D eigenvalue weighted by molar-refractivity contribution is -0.138. The normalized spacial score (nSPS) is 15.1. The summed E-state index contributed by atoms with van der Waals surface area (Å²) in [6, 6.07) is 3.73. The number of ketones is 1. The van der Waals surface area contributed by atoms with Gasteiger partial charge in [-0.25, -0.2) is 9.59 Å². The third-order valence-corrected chi connectivity index (χ3v) is 8.27. The molecule has 0 saturated carbocycles. The molecule has 3 N–H and O–H groups in total. The largest absolute Gasteiger partial charge is 0.481 e. The Morgan fingerprint density at radius 1 is 0.745 bits per heavy atom. The summed E-state index contributed by atoms with van der Waals surface area (Å²) in [7, 11) is 0. The number of aliphatic carboxylic acids is 1. The number of carbonyl (C=O) groups excluding carboxylic acids is 3. The van der Waals surface area contributed by atoms with Gasteiger partial charge in [-0.3, -0.25) is 19.6 Å². The van der Waals surface area contributed by atoms with E-state index in [1.807, 2.05) is 61.5 Å². The maximum Gasteiger partial charge on any atom is 0.410 e. The van der Waals surface area contributed by atoms with Crippen LogP contribution < -0.4 is 5.73 Å². The van der Waals surface area contributed by atoms with Crippen molar-refractivity contribution in [2.45, 2.75) is 112 Å². The quantitative estimate of drug-likeness (QED) is 0.288. The Kier molecular flexibility index (Phi) is 20.3. The topological polar surface area (TPSA) is 165 Å². The van der Waals surface area contributed by atoms with Crippen LogP contribution in [0, 0.1) is 11.8 Å². The van der Waals surface area contributed by atoms with Crippen LogP contribution in [0.5, 0.6) is 0 Å². The first kappa shape index (κ1) is 45.8. The number of hydrogen-bond acceptors (Lipinski definition) is 9. The van der Waals surface area contributed by atoms with E-state index in [1.165, 1.54) is 0 Å². The van der Waals surface area contributed by atoms with Gasteiger partial charge in [0.25, 0.3) is 0 Å². The number of ether oxygens (including phenoxy) is 2. The van der Waals surface area contributed by atoms with Gasteiger partial charge in [-0.15, -0.1) is 0 Å². The highest BCUT2D eigenvalue weighted by Gasteiger charge is 2.29. The number of anilines is 1. The summed E-state index contributed by atoms with van der Waals surface area (Å²) < 4.78 is 12.5. The Hall–Kier alpha value is -3.26. The van der Waals surface area contributed by atoms with Crippen molar-refractivity contribution in [3.05, 3.63) is 51.4 Å². The number of aromatic nitrogens is 2. The van der Waals surface area contributed by atoms with Crippen molar-refractivity contribution in [1.29, 1.82) is 0 Å². The second-order valence-corrected chi connectivity index (χ2v) is 16.1. The smallest absolute Gasteiger partial charge is 0.410 e. The maximum atomic E-state index is 12.2. The van der Waals surface area contributed by atoms with Crippen LogP contribution in [0.3, 0.4) is 0 Å². The Morgan fingerprint density at radius 3 is 1.51 bits per heavy atom. The van der Waals surface area contributed by atoms with Gasteiger partial charge in [0.2, 0.25) is 0 Å². The number of likely N-dealkylation sites (tertiary alicyclic amines) is 2. The zero-order valence-corrected chi connectivity index (χ0v) is 34.6. The number of nitrogens with two attached hydrogens (primary N) is 1. The molecule has 4 rings (SSSR count). The van der Waals surface area contributed by atoms with Crippen molar-refractivity contribution in [1.82, 2.24) is 19.8 Å². The van der Waals surface area contributed by atoms with E-state index in [4.69, 9.17) is 20.3 Å². The highest BCUT2D eigenvalue weighted by molar-refractivity contribution is 9.10. The average Bonchev–Trinajstić information content (AvgIpc) is 3.01. The van der Waals surface area contributed by atoms with Gasteiger partial charge in [-0.1, -0.05) is 13.8 Å². The zero-order chi connectivity index (χ0) is 38.8. The summed E-state index contributed by atoms with van der Waals surface area (Å²) in [5.74, 6) is -0.00572. The van der Waals surface area contributed by atoms with Crippen molar-refractivity contribution in [2.24, 2.45) is 11.8 Å². The Balaban J connectivity index is 0.000000416. The molecule has 2 saturated heterocycles. The van der Waals surface area contributed by atoms with Gasteiger partial charge in [0.05, 0.1) is 5.69 Å². The highest BCUT2D eigenvalue weighted by atomic mass is 79.9. The number of amides is 2. The van der Waals surface area contributed by atoms with Crippen molar-refractivity contribution < 1.29 is 33.8 Å². The number of hydrogen-bond donors (Lipinski definition) is 2. The summed E-state index contributed by atoms with van der Waals surface area (Å²) >= 11 is 6.59. The molecule has 2 aromatic heterocycles. The summed E-state index contributed by atoms with van der Waals surface area (Å²) in [5, 5.41) is 8.69. The molecule has 0 aliphatic carbocycles. The molecule has 2 aliphatic rings.